The number of nitro benzene ring substituents is 1. The molecule has 4 N–H and O–H groups in total. The second-order valence-electron chi connectivity index (χ2n) is 3.48. The first kappa shape index (κ1) is 10.9. The number of hydrogen-bond donors (Lipinski definition) is 2. The maximum absolute atomic E-state index is 10.9. The van der Waals surface area contributed by atoms with Gasteiger partial charge in [-0.05, 0) is 12.5 Å². The van der Waals surface area contributed by atoms with E-state index in [9.17, 15) is 10.1 Å². The van der Waals surface area contributed by atoms with Gasteiger partial charge in [-0.15, -0.1) is 10.2 Å². The lowest BCUT2D eigenvalue weighted by atomic mass is 10.1. The second-order valence-corrected chi connectivity index (χ2v) is 3.48. The monoisotopic (exact) mass is 234 g/mol. The molecule has 0 spiro atoms. The fraction of sp³-hybridized carbons (Fsp3) is 0.111. The van der Waals surface area contributed by atoms with Crippen LogP contribution in [-0.2, 0) is 0 Å². The molecule has 1 heterocycles. The molecule has 1 aromatic carbocycles. The van der Waals surface area contributed by atoms with Crippen molar-refractivity contribution < 1.29 is 4.92 Å². The largest absolute Gasteiger partial charge is 0.366 e. The molecule has 8 heteroatoms. The Morgan fingerprint density at radius 2 is 2.12 bits per heavy atom. The van der Waals surface area contributed by atoms with Crippen molar-refractivity contribution in [1.29, 1.82) is 0 Å². The van der Waals surface area contributed by atoms with Crippen LogP contribution in [0, 0.1) is 17.0 Å². The van der Waals surface area contributed by atoms with E-state index in [2.05, 4.69) is 10.2 Å². The van der Waals surface area contributed by atoms with Crippen molar-refractivity contribution in [1.82, 2.24) is 14.9 Å². The minimum absolute atomic E-state index is 0.00227. The molecule has 0 aliphatic heterocycles. The van der Waals surface area contributed by atoms with Crippen molar-refractivity contribution in [2.24, 2.45) is 0 Å². The molecule has 0 atom stereocenters. The highest BCUT2D eigenvalue weighted by atomic mass is 16.6. The molecule has 8 nitrogen and oxygen atoms in total. The van der Waals surface area contributed by atoms with Crippen LogP contribution in [0.15, 0.2) is 18.2 Å². The van der Waals surface area contributed by atoms with Gasteiger partial charge in [0.15, 0.2) is 5.82 Å². The highest BCUT2D eigenvalue weighted by molar-refractivity contribution is 5.72. The lowest BCUT2D eigenvalue weighted by Crippen LogP contribution is -2.14. The number of benzene rings is 1. The van der Waals surface area contributed by atoms with Crippen LogP contribution in [0.4, 0.5) is 11.6 Å². The highest BCUT2D eigenvalue weighted by Crippen LogP contribution is 2.31. The summed E-state index contributed by atoms with van der Waals surface area (Å²) in [5.74, 6) is 5.79. The molecule has 1 aromatic heterocycles. The average molecular weight is 234 g/mol. The number of anilines is 1. The zero-order valence-corrected chi connectivity index (χ0v) is 8.99. The minimum Gasteiger partial charge on any atom is -0.366 e. The molecule has 0 aliphatic rings. The van der Waals surface area contributed by atoms with Crippen LogP contribution < -0.4 is 11.6 Å². The molecule has 2 rings (SSSR count). The molecule has 88 valence electrons. The van der Waals surface area contributed by atoms with Gasteiger partial charge in [-0.2, -0.15) is 0 Å². The van der Waals surface area contributed by atoms with E-state index >= 15 is 0 Å². The van der Waals surface area contributed by atoms with Crippen molar-refractivity contribution in [3.63, 3.8) is 0 Å². The Hall–Kier alpha value is -2.64. The molecule has 0 bridgehead atoms. The summed E-state index contributed by atoms with van der Waals surface area (Å²) < 4.78 is 1.02. The van der Waals surface area contributed by atoms with E-state index in [1.807, 2.05) is 0 Å². The number of nitro groups is 1. The quantitative estimate of drug-likeness (QED) is 0.441. The first-order valence-corrected chi connectivity index (χ1v) is 4.72. The zero-order valence-electron chi connectivity index (χ0n) is 8.99. The van der Waals surface area contributed by atoms with E-state index in [-0.39, 0.29) is 17.5 Å². The summed E-state index contributed by atoms with van der Waals surface area (Å²) in [5.41, 5.74) is 6.37. The van der Waals surface area contributed by atoms with E-state index in [0.29, 0.717) is 11.1 Å². The standard InChI is InChI=1S/C9H10N6O2/c1-5-3-2-4-6(15(16)17)7(5)8-12-13-9(10)14(8)11/h2-4H,11H2,1H3,(H2,10,13). The smallest absolute Gasteiger partial charge is 0.280 e. The molecule has 0 amide bonds. The van der Waals surface area contributed by atoms with Crippen molar-refractivity contribution in [3.8, 4) is 11.4 Å². The predicted octanol–water partition coefficient (Wildman–Crippen LogP) is 0.458. The Morgan fingerprint density at radius 3 is 2.65 bits per heavy atom. The van der Waals surface area contributed by atoms with Gasteiger partial charge in [-0.3, -0.25) is 10.1 Å². The first-order chi connectivity index (χ1) is 8.02. The molecule has 0 saturated heterocycles. The van der Waals surface area contributed by atoms with Gasteiger partial charge in [0.2, 0.25) is 5.95 Å². The van der Waals surface area contributed by atoms with Gasteiger partial charge in [0.1, 0.15) is 5.56 Å². The Bertz CT molecular complexity index is 591. The van der Waals surface area contributed by atoms with Crippen LogP contribution in [0.1, 0.15) is 5.56 Å². The maximum Gasteiger partial charge on any atom is 0.280 e. The minimum atomic E-state index is -0.493. The van der Waals surface area contributed by atoms with Crippen molar-refractivity contribution >= 4 is 11.6 Å². The molecule has 0 fully saturated rings. The highest BCUT2D eigenvalue weighted by Gasteiger charge is 2.22. The number of hydrogen-bond acceptors (Lipinski definition) is 6. The summed E-state index contributed by atoms with van der Waals surface area (Å²) >= 11 is 0. The Kier molecular flexibility index (Phi) is 2.39. The van der Waals surface area contributed by atoms with E-state index in [1.165, 1.54) is 6.07 Å². The summed E-state index contributed by atoms with van der Waals surface area (Å²) in [5, 5.41) is 18.3. The van der Waals surface area contributed by atoms with Gasteiger partial charge < -0.3 is 11.6 Å². The van der Waals surface area contributed by atoms with E-state index in [1.54, 1.807) is 19.1 Å². The fourth-order valence-corrected chi connectivity index (χ4v) is 1.57. The molecular formula is C9H10N6O2. The van der Waals surface area contributed by atoms with Crippen LogP contribution in [0.5, 0.6) is 0 Å². The van der Waals surface area contributed by atoms with Gasteiger partial charge in [0.25, 0.3) is 5.69 Å². The number of aryl methyl sites for hydroxylation is 1. The van der Waals surface area contributed by atoms with Gasteiger partial charge in [0.05, 0.1) is 4.92 Å². The fourth-order valence-electron chi connectivity index (χ4n) is 1.57. The van der Waals surface area contributed by atoms with Gasteiger partial charge >= 0.3 is 0 Å². The number of aromatic nitrogens is 3. The molecule has 0 saturated carbocycles. The molecule has 2 aromatic rings. The van der Waals surface area contributed by atoms with E-state index in [0.717, 1.165) is 4.68 Å². The third-order valence-corrected chi connectivity index (χ3v) is 2.39. The average Bonchev–Trinajstić information content (AvgIpc) is 2.60. The Labute approximate surface area is 96.0 Å². The van der Waals surface area contributed by atoms with Crippen molar-refractivity contribution in [2.45, 2.75) is 6.92 Å². The summed E-state index contributed by atoms with van der Waals surface area (Å²) in [6.45, 7) is 1.73. The third-order valence-electron chi connectivity index (χ3n) is 2.39. The number of nitrogen functional groups attached to an aromatic ring is 2. The number of rotatable bonds is 2. The maximum atomic E-state index is 10.9. The number of nitrogens with zero attached hydrogens (tertiary/aromatic N) is 4. The summed E-state index contributed by atoms with van der Waals surface area (Å²) in [6, 6.07) is 4.71. The van der Waals surface area contributed by atoms with Crippen molar-refractivity contribution in [3.05, 3.63) is 33.9 Å². The third kappa shape index (κ3) is 1.65. The van der Waals surface area contributed by atoms with Gasteiger partial charge in [-0.25, -0.2) is 4.68 Å². The summed E-state index contributed by atoms with van der Waals surface area (Å²) in [6.07, 6.45) is 0. The SMILES string of the molecule is Cc1cccc([N+](=O)[O-])c1-c1nnc(N)n1N. The number of nitrogens with two attached hydrogens (primary N) is 2. The van der Waals surface area contributed by atoms with Crippen LogP contribution in [-0.4, -0.2) is 19.8 Å². The summed E-state index contributed by atoms with van der Waals surface area (Å²) in [4.78, 5) is 10.4. The zero-order chi connectivity index (χ0) is 12.6. The molecule has 0 unspecified atom stereocenters. The van der Waals surface area contributed by atoms with E-state index < -0.39 is 4.92 Å². The van der Waals surface area contributed by atoms with E-state index in [4.69, 9.17) is 11.6 Å². The van der Waals surface area contributed by atoms with Gasteiger partial charge in [-0.1, -0.05) is 12.1 Å². The van der Waals surface area contributed by atoms with Gasteiger partial charge in [0, 0.05) is 6.07 Å². The predicted molar refractivity (Wildman–Crippen MR) is 61.4 cm³/mol. The van der Waals surface area contributed by atoms with Crippen LogP contribution in [0.2, 0.25) is 0 Å². The Morgan fingerprint density at radius 1 is 1.41 bits per heavy atom. The van der Waals surface area contributed by atoms with Crippen LogP contribution >= 0.6 is 0 Å². The first-order valence-electron chi connectivity index (χ1n) is 4.72. The molecule has 0 aliphatic carbocycles. The topological polar surface area (TPSA) is 126 Å². The van der Waals surface area contributed by atoms with Crippen LogP contribution in [0.3, 0.4) is 0 Å². The lowest BCUT2D eigenvalue weighted by molar-refractivity contribution is -0.384. The summed E-state index contributed by atoms with van der Waals surface area (Å²) in [7, 11) is 0. The van der Waals surface area contributed by atoms with Crippen LogP contribution in [0.25, 0.3) is 11.4 Å². The molecule has 17 heavy (non-hydrogen) atoms. The Balaban J connectivity index is 2.74. The lowest BCUT2D eigenvalue weighted by Gasteiger charge is -2.05. The normalized spacial score (nSPS) is 10.4. The van der Waals surface area contributed by atoms with Crippen molar-refractivity contribution in [2.75, 3.05) is 11.6 Å². The second kappa shape index (κ2) is 3.74. The molecular weight excluding hydrogens is 224 g/mol. The molecule has 0 radical (unpaired) electrons.